The van der Waals surface area contributed by atoms with Gasteiger partial charge >= 0.3 is 0 Å². The standard InChI is InChI=1S/C15H12BrFN2O2/c1-21-12-6-5-8(7-10(12)17)18-14-13-9(16)3-2-4-11(13)19-15(14)20/h2-7,14,18H,1H3,(H,19,20). The molecule has 0 bridgehead atoms. The van der Waals surface area contributed by atoms with Crippen LogP contribution in [0.1, 0.15) is 11.6 Å². The zero-order valence-electron chi connectivity index (χ0n) is 11.1. The molecule has 108 valence electrons. The summed E-state index contributed by atoms with van der Waals surface area (Å²) in [5.41, 5.74) is 2.08. The van der Waals surface area contributed by atoms with Gasteiger partial charge in [-0.15, -0.1) is 0 Å². The van der Waals surface area contributed by atoms with Gasteiger partial charge in [0.2, 0.25) is 0 Å². The third-order valence-corrected chi connectivity index (χ3v) is 4.02. The summed E-state index contributed by atoms with van der Waals surface area (Å²) in [7, 11) is 1.41. The lowest BCUT2D eigenvalue weighted by Gasteiger charge is -2.15. The Kier molecular flexibility index (Phi) is 3.55. The van der Waals surface area contributed by atoms with E-state index >= 15 is 0 Å². The molecule has 0 radical (unpaired) electrons. The Bertz CT molecular complexity index is 721. The first-order valence-electron chi connectivity index (χ1n) is 6.29. The fourth-order valence-electron chi connectivity index (χ4n) is 2.34. The fourth-order valence-corrected chi connectivity index (χ4v) is 2.93. The van der Waals surface area contributed by atoms with Crippen molar-refractivity contribution in [2.75, 3.05) is 17.7 Å². The fraction of sp³-hybridized carbons (Fsp3) is 0.133. The van der Waals surface area contributed by atoms with Crippen LogP contribution >= 0.6 is 15.9 Å². The van der Waals surface area contributed by atoms with Gasteiger partial charge in [-0.05, 0) is 24.3 Å². The minimum Gasteiger partial charge on any atom is -0.494 e. The van der Waals surface area contributed by atoms with Crippen LogP contribution < -0.4 is 15.4 Å². The lowest BCUT2D eigenvalue weighted by atomic mass is 10.1. The molecule has 0 aromatic heterocycles. The number of hydrogen-bond acceptors (Lipinski definition) is 3. The Morgan fingerprint density at radius 3 is 2.86 bits per heavy atom. The van der Waals surface area contributed by atoms with Crippen molar-refractivity contribution in [2.24, 2.45) is 0 Å². The normalized spacial score (nSPS) is 16.3. The molecule has 4 nitrogen and oxygen atoms in total. The topological polar surface area (TPSA) is 50.4 Å². The number of anilines is 2. The molecule has 2 aromatic carbocycles. The molecule has 21 heavy (non-hydrogen) atoms. The van der Waals surface area contributed by atoms with Crippen molar-refractivity contribution in [1.29, 1.82) is 0 Å². The number of ether oxygens (including phenoxy) is 1. The number of benzene rings is 2. The minimum absolute atomic E-state index is 0.165. The maximum atomic E-state index is 13.7. The smallest absolute Gasteiger partial charge is 0.251 e. The zero-order valence-corrected chi connectivity index (χ0v) is 12.7. The molecular weight excluding hydrogens is 339 g/mol. The summed E-state index contributed by atoms with van der Waals surface area (Å²) >= 11 is 3.44. The van der Waals surface area contributed by atoms with Gasteiger partial charge in [-0.25, -0.2) is 4.39 Å². The molecule has 1 heterocycles. The number of carbonyl (C=O) groups is 1. The van der Waals surface area contributed by atoms with Crippen LogP contribution in [-0.2, 0) is 4.79 Å². The average molecular weight is 351 g/mol. The SMILES string of the molecule is COc1ccc(NC2C(=O)Nc3cccc(Br)c32)cc1F. The summed E-state index contributed by atoms with van der Waals surface area (Å²) in [4.78, 5) is 12.1. The quantitative estimate of drug-likeness (QED) is 0.887. The van der Waals surface area contributed by atoms with E-state index < -0.39 is 11.9 Å². The highest BCUT2D eigenvalue weighted by Gasteiger charge is 2.32. The molecule has 1 atom stereocenters. The largest absolute Gasteiger partial charge is 0.494 e. The first-order valence-corrected chi connectivity index (χ1v) is 7.09. The van der Waals surface area contributed by atoms with E-state index in [0.29, 0.717) is 5.69 Å². The molecule has 0 fully saturated rings. The van der Waals surface area contributed by atoms with E-state index in [1.807, 2.05) is 18.2 Å². The van der Waals surface area contributed by atoms with Crippen molar-refractivity contribution in [3.05, 3.63) is 52.3 Å². The monoisotopic (exact) mass is 350 g/mol. The summed E-state index contributed by atoms with van der Waals surface area (Å²) in [5, 5.41) is 5.84. The highest BCUT2D eigenvalue weighted by Crippen LogP contribution is 2.38. The van der Waals surface area contributed by atoms with Gasteiger partial charge in [0.05, 0.1) is 7.11 Å². The van der Waals surface area contributed by atoms with Crippen LogP contribution in [0.25, 0.3) is 0 Å². The Morgan fingerprint density at radius 1 is 1.33 bits per heavy atom. The first kappa shape index (κ1) is 13.9. The van der Waals surface area contributed by atoms with E-state index in [2.05, 4.69) is 26.6 Å². The zero-order chi connectivity index (χ0) is 15.0. The molecule has 2 aromatic rings. The number of methoxy groups -OCH3 is 1. The van der Waals surface area contributed by atoms with Gasteiger partial charge in [0.15, 0.2) is 11.6 Å². The van der Waals surface area contributed by atoms with Crippen LogP contribution in [0.15, 0.2) is 40.9 Å². The molecule has 0 saturated carbocycles. The van der Waals surface area contributed by atoms with Crippen molar-refractivity contribution in [1.82, 2.24) is 0 Å². The predicted molar refractivity (Wildman–Crippen MR) is 82.1 cm³/mol. The van der Waals surface area contributed by atoms with E-state index in [4.69, 9.17) is 4.74 Å². The third-order valence-electron chi connectivity index (χ3n) is 3.32. The molecule has 1 aliphatic rings. The summed E-state index contributed by atoms with van der Waals surface area (Å²) in [6.07, 6.45) is 0. The molecule has 3 rings (SSSR count). The van der Waals surface area contributed by atoms with E-state index in [1.54, 1.807) is 6.07 Å². The van der Waals surface area contributed by atoms with Crippen LogP contribution in [-0.4, -0.2) is 13.0 Å². The van der Waals surface area contributed by atoms with Crippen molar-refractivity contribution < 1.29 is 13.9 Å². The van der Waals surface area contributed by atoms with Gasteiger partial charge in [0, 0.05) is 27.5 Å². The van der Waals surface area contributed by atoms with E-state index in [1.165, 1.54) is 19.2 Å². The van der Waals surface area contributed by atoms with Crippen LogP contribution in [0.5, 0.6) is 5.75 Å². The molecule has 6 heteroatoms. The van der Waals surface area contributed by atoms with Gasteiger partial charge < -0.3 is 15.4 Å². The number of halogens is 2. The van der Waals surface area contributed by atoms with E-state index in [-0.39, 0.29) is 11.7 Å². The number of carbonyl (C=O) groups excluding carboxylic acids is 1. The predicted octanol–water partition coefficient (Wildman–Crippen LogP) is 3.70. The molecule has 1 amide bonds. The molecule has 1 aliphatic heterocycles. The first-order chi connectivity index (χ1) is 10.1. The minimum atomic E-state index is -0.566. The second kappa shape index (κ2) is 5.37. The number of hydrogen-bond donors (Lipinski definition) is 2. The molecule has 2 N–H and O–H groups in total. The molecule has 0 aliphatic carbocycles. The van der Waals surface area contributed by atoms with Crippen molar-refractivity contribution in [3.63, 3.8) is 0 Å². The number of rotatable bonds is 3. The van der Waals surface area contributed by atoms with Gasteiger partial charge in [-0.3, -0.25) is 4.79 Å². The second-order valence-electron chi connectivity index (χ2n) is 4.62. The number of fused-ring (bicyclic) bond motifs is 1. The highest BCUT2D eigenvalue weighted by molar-refractivity contribution is 9.10. The molecule has 0 saturated heterocycles. The Balaban J connectivity index is 1.93. The molecule has 0 spiro atoms. The van der Waals surface area contributed by atoms with Gasteiger partial charge in [-0.1, -0.05) is 22.0 Å². The number of nitrogens with one attached hydrogen (secondary N) is 2. The average Bonchev–Trinajstić information content (AvgIpc) is 2.77. The van der Waals surface area contributed by atoms with Crippen LogP contribution in [0.3, 0.4) is 0 Å². The maximum absolute atomic E-state index is 13.7. The third kappa shape index (κ3) is 2.47. The molecule has 1 unspecified atom stereocenters. The van der Waals surface area contributed by atoms with E-state index in [9.17, 15) is 9.18 Å². The van der Waals surface area contributed by atoms with Gasteiger partial charge in [0.1, 0.15) is 6.04 Å². The van der Waals surface area contributed by atoms with E-state index in [0.717, 1.165) is 15.7 Å². The van der Waals surface area contributed by atoms with Crippen LogP contribution in [0, 0.1) is 5.82 Å². The Labute approximate surface area is 129 Å². The summed E-state index contributed by atoms with van der Waals surface area (Å²) < 4.78 is 19.4. The summed E-state index contributed by atoms with van der Waals surface area (Å²) in [6.45, 7) is 0. The van der Waals surface area contributed by atoms with Gasteiger partial charge in [-0.2, -0.15) is 0 Å². The number of amides is 1. The van der Waals surface area contributed by atoms with Crippen molar-refractivity contribution in [3.8, 4) is 5.75 Å². The maximum Gasteiger partial charge on any atom is 0.251 e. The lowest BCUT2D eigenvalue weighted by Crippen LogP contribution is -2.20. The van der Waals surface area contributed by atoms with Crippen molar-refractivity contribution in [2.45, 2.75) is 6.04 Å². The second-order valence-corrected chi connectivity index (χ2v) is 5.47. The Hall–Kier alpha value is -2.08. The van der Waals surface area contributed by atoms with Crippen molar-refractivity contribution >= 4 is 33.2 Å². The lowest BCUT2D eigenvalue weighted by molar-refractivity contribution is -0.116. The van der Waals surface area contributed by atoms with Crippen LogP contribution in [0.4, 0.5) is 15.8 Å². The van der Waals surface area contributed by atoms with Gasteiger partial charge in [0.25, 0.3) is 5.91 Å². The highest BCUT2D eigenvalue weighted by atomic mass is 79.9. The summed E-state index contributed by atoms with van der Waals surface area (Å²) in [6, 6.07) is 9.47. The summed E-state index contributed by atoms with van der Waals surface area (Å²) in [5.74, 6) is -0.487. The Morgan fingerprint density at radius 2 is 2.14 bits per heavy atom. The van der Waals surface area contributed by atoms with Crippen LogP contribution in [0.2, 0.25) is 0 Å². The molecular formula is C15H12BrFN2O2.